The summed E-state index contributed by atoms with van der Waals surface area (Å²) >= 11 is 12.0. The molecule has 2 rings (SSSR count). The van der Waals surface area contributed by atoms with Gasteiger partial charge in [-0.2, -0.15) is 0 Å². The van der Waals surface area contributed by atoms with Crippen LogP contribution < -0.4 is 4.74 Å². The third-order valence-electron chi connectivity index (χ3n) is 2.76. The van der Waals surface area contributed by atoms with Gasteiger partial charge in [0.15, 0.2) is 0 Å². The molecule has 2 nitrogen and oxygen atoms in total. The first kappa shape index (κ1) is 13.1. The maximum absolute atomic E-state index is 9.49. The Balaban J connectivity index is 2.58. The first-order chi connectivity index (χ1) is 8.52. The van der Waals surface area contributed by atoms with Gasteiger partial charge in [0.2, 0.25) is 0 Å². The van der Waals surface area contributed by atoms with Crippen molar-refractivity contribution in [2.24, 2.45) is 0 Å². The molecule has 0 aromatic heterocycles. The maximum atomic E-state index is 9.49. The lowest BCUT2D eigenvalue weighted by molar-refractivity contribution is 0.414. The van der Waals surface area contributed by atoms with Gasteiger partial charge in [-0.15, -0.1) is 0 Å². The van der Waals surface area contributed by atoms with Crippen molar-refractivity contribution in [2.75, 3.05) is 7.11 Å². The van der Waals surface area contributed by atoms with Crippen LogP contribution in [0, 0.1) is 6.92 Å². The molecule has 0 saturated heterocycles. The zero-order chi connectivity index (χ0) is 13.3. The van der Waals surface area contributed by atoms with Crippen LogP contribution in [0.15, 0.2) is 30.3 Å². The van der Waals surface area contributed by atoms with Crippen molar-refractivity contribution in [3.8, 4) is 22.6 Å². The van der Waals surface area contributed by atoms with E-state index in [4.69, 9.17) is 27.9 Å². The van der Waals surface area contributed by atoms with Gasteiger partial charge in [-0.25, -0.2) is 0 Å². The van der Waals surface area contributed by atoms with Crippen LogP contribution in [0.1, 0.15) is 5.56 Å². The number of aromatic hydroxyl groups is 1. The molecule has 0 atom stereocenters. The molecule has 0 fully saturated rings. The highest BCUT2D eigenvalue weighted by molar-refractivity contribution is 6.36. The van der Waals surface area contributed by atoms with Gasteiger partial charge >= 0.3 is 0 Å². The number of phenolic OH excluding ortho intramolecular Hbond substituents is 1. The van der Waals surface area contributed by atoms with Crippen molar-refractivity contribution in [2.45, 2.75) is 6.92 Å². The number of rotatable bonds is 2. The molecule has 0 radical (unpaired) electrons. The molecule has 2 aromatic carbocycles. The van der Waals surface area contributed by atoms with Gasteiger partial charge in [-0.1, -0.05) is 29.3 Å². The third-order valence-corrected chi connectivity index (χ3v) is 3.38. The fourth-order valence-electron chi connectivity index (χ4n) is 1.81. The van der Waals surface area contributed by atoms with E-state index in [1.54, 1.807) is 13.2 Å². The molecule has 0 unspecified atom stereocenters. The smallest absolute Gasteiger partial charge is 0.135 e. The Morgan fingerprint density at radius 3 is 2.33 bits per heavy atom. The number of benzene rings is 2. The van der Waals surface area contributed by atoms with E-state index in [1.165, 1.54) is 6.07 Å². The molecule has 0 bridgehead atoms. The minimum atomic E-state index is -0.0171. The number of ether oxygens (including phenoxy) is 1. The van der Waals surface area contributed by atoms with Crippen LogP contribution in [0.5, 0.6) is 11.5 Å². The van der Waals surface area contributed by atoms with E-state index in [2.05, 4.69) is 0 Å². The normalized spacial score (nSPS) is 10.4. The number of hydrogen-bond donors (Lipinski definition) is 1. The third kappa shape index (κ3) is 2.40. The SMILES string of the molecule is COc1ccc(-c2cc(Cl)c(O)cc2Cl)c(C)c1. The zero-order valence-electron chi connectivity index (χ0n) is 10.00. The van der Waals surface area contributed by atoms with Crippen LogP contribution in [0.4, 0.5) is 0 Å². The quantitative estimate of drug-likeness (QED) is 0.866. The molecule has 1 N–H and O–H groups in total. The predicted octanol–water partition coefficient (Wildman–Crippen LogP) is 4.68. The van der Waals surface area contributed by atoms with Crippen molar-refractivity contribution >= 4 is 23.2 Å². The fraction of sp³-hybridized carbons (Fsp3) is 0.143. The van der Waals surface area contributed by atoms with Crippen molar-refractivity contribution in [1.82, 2.24) is 0 Å². The Morgan fingerprint density at radius 1 is 1.00 bits per heavy atom. The highest BCUT2D eigenvalue weighted by Crippen LogP contribution is 2.38. The van der Waals surface area contributed by atoms with E-state index in [1.807, 2.05) is 25.1 Å². The van der Waals surface area contributed by atoms with Crippen molar-refractivity contribution < 1.29 is 9.84 Å². The van der Waals surface area contributed by atoms with Crippen LogP contribution in [-0.4, -0.2) is 12.2 Å². The van der Waals surface area contributed by atoms with Gasteiger partial charge in [0.1, 0.15) is 11.5 Å². The molecule has 18 heavy (non-hydrogen) atoms. The van der Waals surface area contributed by atoms with Crippen molar-refractivity contribution in [3.05, 3.63) is 45.9 Å². The molecule has 0 aliphatic carbocycles. The molecular formula is C14H12Cl2O2. The highest BCUT2D eigenvalue weighted by Gasteiger charge is 2.11. The van der Waals surface area contributed by atoms with Gasteiger partial charge in [-0.3, -0.25) is 0 Å². The second kappa shape index (κ2) is 5.09. The zero-order valence-corrected chi connectivity index (χ0v) is 11.5. The van der Waals surface area contributed by atoms with Crippen LogP contribution in [0.25, 0.3) is 11.1 Å². The molecule has 0 amide bonds. The lowest BCUT2D eigenvalue weighted by Gasteiger charge is -2.11. The molecule has 0 heterocycles. The Morgan fingerprint density at radius 2 is 1.72 bits per heavy atom. The molecular weight excluding hydrogens is 271 g/mol. The largest absolute Gasteiger partial charge is 0.506 e. The molecule has 0 spiro atoms. The summed E-state index contributed by atoms with van der Waals surface area (Å²) in [5.74, 6) is 0.772. The summed E-state index contributed by atoms with van der Waals surface area (Å²) in [6.45, 7) is 1.97. The van der Waals surface area contributed by atoms with E-state index in [9.17, 15) is 5.11 Å². The van der Waals surface area contributed by atoms with E-state index in [0.717, 1.165) is 22.4 Å². The molecule has 0 aliphatic rings. The van der Waals surface area contributed by atoms with E-state index >= 15 is 0 Å². The van der Waals surface area contributed by atoms with Crippen molar-refractivity contribution in [1.29, 1.82) is 0 Å². The van der Waals surface area contributed by atoms with Gasteiger partial charge in [0.25, 0.3) is 0 Å². The second-order valence-corrected chi connectivity index (χ2v) is 4.78. The lowest BCUT2D eigenvalue weighted by Crippen LogP contribution is -1.88. The number of halogens is 2. The first-order valence-corrected chi connectivity index (χ1v) is 6.11. The van der Waals surface area contributed by atoms with Gasteiger partial charge in [0, 0.05) is 11.6 Å². The Bertz CT molecular complexity index is 595. The summed E-state index contributed by atoms with van der Waals surface area (Å²) < 4.78 is 5.16. The van der Waals surface area contributed by atoms with Gasteiger partial charge in [-0.05, 0) is 36.2 Å². The molecule has 0 aliphatic heterocycles. The van der Waals surface area contributed by atoms with Crippen LogP contribution in [0.3, 0.4) is 0 Å². The number of phenols is 1. The van der Waals surface area contributed by atoms with Crippen LogP contribution in [-0.2, 0) is 0 Å². The Hall–Kier alpha value is -1.38. The summed E-state index contributed by atoms with van der Waals surface area (Å²) in [5.41, 5.74) is 2.78. The molecule has 94 valence electrons. The summed E-state index contributed by atoms with van der Waals surface area (Å²) in [7, 11) is 1.62. The van der Waals surface area contributed by atoms with Crippen LogP contribution in [0.2, 0.25) is 10.0 Å². The summed E-state index contributed by atoms with van der Waals surface area (Å²) in [6.07, 6.45) is 0. The Kier molecular flexibility index (Phi) is 3.69. The summed E-state index contributed by atoms with van der Waals surface area (Å²) in [5, 5.41) is 10.2. The summed E-state index contributed by atoms with van der Waals surface area (Å²) in [4.78, 5) is 0. The van der Waals surface area contributed by atoms with Crippen LogP contribution >= 0.6 is 23.2 Å². The predicted molar refractivity (Wildman–Crippen MR) is 74.9 cm³/mol. The topological polar surface area (TPSA) is 29.5 Å². The monoisotopic (exact) mass is 282 g/mol. The second-order valence-electron chi connectivity index (χ2n) is 3.96. The molecule has 4 heteroatoms. The minimum Gasteiger partial charge on any atom is -0.506 e. The highest BCUT2D eigenvalue weighted by atomic mass is 35.5. The van der Waals surface area contributed by atoms with Crippen molar-refractivity contribution in [3.63, 3.8) is 0 Å². The number of hydrogen-bond acceptors (Lipinski definition) is 2. The lowest BCUT2D eigenvalue weighted by atomic mass is 10.00. The fourth-order valence-corrected chi connectivity index (χ4v) is 2.23. The maximum Gasteiger partial charge on any atom is 0.135 e. The van der Waals surface area contributed by atoms with E-state index in [-0.39, 0.29) is 10.8 Å². The standard InChI is InChI=1S/C14H12Cl2O2/c1-8-5-9(18-2)3-4-10(8)11-6-13(16)14(17)7-12(11)15/h3-7,17H,1-2H3. The van der Waals surface area contributed by atoms with Gasteiger partial charge < -0.3 is 9.84 Å². The van der Waals surface area contributed by atoms with Gasteiger partial charge in [0.05, 0.1) is 17.2 Å². The average molecular weight is 283 g/mol. The molecule has 0 saturated carbocycles. The first-order valence-electron chi connectivity index (χ1n) is 5.36. The Labute approximate surface area is 116 Å². The van der Waals surface area contributed by atoms with E-state index < -0.39 is 0 Å². The average Bonchev–Trinajstić information content (AvgIpc) is 2.34. The van der Waals surface area contributed by atoms with E-state index in [0.29, 0.717) is 5.02 Å². The minimum absolute atomic E-state index is 0.0171. The molecule has 2 aromatic rings. The number of aryl methyl sites for hydroxylation is 1. The number of methoxy groups -OCH3 is 1. The summed E-state index contributed by atoms with van der Waals surface area (Å²) in [6, 6.07) is 8.81.